The first-order valence-electron chi connectivity index (χ1n) is 14.0. The maximum Gasteiger partial charge on any atom is 0.406 e. The summed E-state index contributed by atoms with van der Waals surface area (Å²) in [4.78, 5) is 24.5. The quantitative estimate of drug-likeness (QED) is 0.406. The topological polar surface area (TPSA) is 131 Å². The number of imidazole rings is 1. The Morgan fingerprint density at radius 2 is 1.79 bits per heavy atom. The van der Waals surface area contributed by atoms with Crippen molar-refractivity contribution < 1.29 is 26.3 Å². The highest BCUT2D eigenvalue weighted by molar-refractivity contribution is 7.88. The molecule has 5 rings (SSSR count). The van der Waals surface area contributed by atoms with Gasteiger partial charge >= 0.3 is 6.18 Å². The van der Waals surface area contributed by atoms with Gasteiger partial charge in [-0.1, -0.05) is 6.92 Å². The molecule has 0 radical (unpaired) electrons. The number of rotatable bonds is 8. The van der Waals surface area contributed by atoms with Crippen molar-refractivity contribution in [2.24, 2.45) is 11.8 Å². The number of hydrogen-bond donors (Lipinski definition) is 1. The van der Waals surface area contributed by atoms with Crippen LogP contribution in [0.4, 0.5) is 24.9 Å². The summed E-state index contributed by atoms with van der Waals surface area (Å²) in [7, 11) is -1.61. The van der Waals surface area contributed by atoms with Crippen LogP contribution in [0.3, 0.4) is 0 Å². The Morgan fingerprint density at radius 1 is 1.07 bits per heavy atom. The first-order valence-corrected chi connectivity index (χ1v) is 15.9. The Kier molecular flexibility index (Phi) is 8.85. The predicted molar refractivity (Wildman–Crippen MR) is 152 cm³/mol. The van der Waals surface area contributed by atoms with E-state index in [0.717, 1.165) is 11.0 Å². The van der Waals surface area contributed by atoms with Crippen LogP contribution in [-0.2, 0) is 27.7 Å². The normalized spacial score (nSPS) is 20.0. The Bertz CT molecular complexity index is 1490. The molecule has 5 heterocycles. The molecule has 42 heavy (non-hydrogen) atoms. The molecular formula is C26H36F3N9O3S. The minimum atomic E-state index is -4.51. The van der Waals surface area contributed by atoms with Crippen molar-refractivity contribution in [3.63, 3.8) is 0 Å². The molecule has 2 aliphatic rings. The molecule has 1 unspecified atom stereocenters. The summed E-state index contributed by atoms with van der Waals surface area (Å²) in [6, 6.07) is 0. The molecule has 2 aliphatic heterocycles. The fourth-order valence-electron chi connectivity index (χ4n) is 5.68. The van der Waals surface area contributed by atoms with Crippen LogP contribution in [0.2, 0.25) is 0 Å². The lowest BCUT2D eigenvalue weighted by Gasteiger charge is -2.28. The molecule has 0 aliphatic carbocycles. The molecule has 0 spiro atoms. The van der Waals surface area contributed by atoms with Gasteiger partial charge in [-0.3, -0.25) is 0 Å². The summed E-state index contributed by atoms with van der Waals surface area (Å²) < 4.78 is 74.2. The van der Waals surface area contributed by atoms with Gasteiger partial charge in [0.1, 0.15) is 12.4 Å². The van der Waals surface area contributed by atoms with Crippen molar-refractivity contribution in [1.82, 2.24) is 33.8 Å². The molecule has 16 heteroatoms. The highest BCUT2D eigenvalue weighted by atomic mass is 32.2. The summed E-state index contributed by atoms with van der Waals surface area (Å²) >= 11 is 0. The van der Waals surface area contributed by atoms with Gasteiger partial charge in [0.05, 0.1) is 25.0 Å². The van der Waals surface area contributed by atoms with Crippen LogP contribution in [0.5, 0.6) is 0 Å². The second kappa shape index (κ2) is 12.2. The third-order valence-corrected chi connectivity index (χ3v) is 9.25. The standard InChI is InChI=1S/C26H36F3N9O3S/c1-17(18-5-4-7-37(8-6-18)42(3,39)40)13-20-33-21-23(36-9-11-41-12-10-36)34-22(19-14-31-25(30-2)32-15-19)35-24(21)38(20)16-26(27,28)29/h14-15,17-18H,4-13,16H2,1-3H3,(H,30,31,32)/t17-,18?/m0/s1. The first-order chi connectivity index (χ1) is 19.9. The van der Waals surface area contributed by atoms with E-state index < -0.39 is 22.7 Å². The molecule has 0 saturated carbocycles. The van der Waals surface area contributed by atoms with Gasteiger partial charge in [-0.15, -0.1) is 0 Å². The minimum Gasteiger partial charge on any atom is -0.378 e. The van der Waals surface area contributed by atoms with E-state index in [1.807, 2.05) is 11.8 Å². The monoisotopic (exact) mass is 611 g/mol. The smallest absolute Gasteiger partial charge is 0.378 e. The number of alkyl halides is 3. The molecule has 12 nitrogen and oxygen atoms in total. The van der Waals surface area contributed by atoms with Crippen molar-refractivity contribution in [1.29, 1.82) is 0 Å². The van der Waals surface area contributed by atoms with Gasteiger partial charge < -0.3 is 19.5 Å². The lowest BCUT2D eigenvalue weighted by atomic mass is 9.85. The number of morpholine rings is 1. The van der Waals surface area contributed by atoms with Crippen molar-refractivity contribution in [2.75, 3.05) is 62.9 Å². The van der Waals surface area contributed by atoms with Crippen LogP contribution in [0.1, 0.15) is 32.0 Å². The number of nitrogens with one attached hydrogen (secondary N) is 1. The number of anilines is 2. The van der Waals surface area contributed by atoms with E-state index in [1.165, 1.54) is 23.0 Å². The van der Waals surface area contributed by atoms with Gasteiger partial charge in [0.15, 0.2) is 22.8 Å². The lowest BCUT2D eigenvalue weighted by Crippen LogP contribution is -2.37. The number of sulfonamides is 1. The van der Waals surface area contributed by atoms with E-state index >= 15 is 0 Å². The van der Waals surface area contributed by atoms with E-state index in [4.69, 9.17) is 14.7 Å². The molecule has 1 N–H and O–H groups in total. The zero-order chi connectivity index (χ0) is 30.1. The maximum absolute atomic E-state index is 14.0. The first kappa shape index (κ1) is 30.4. The van der Waals surface area contributed by atoms with Gasteiger partial charge in [-0.25, -0.2) is 37.6 Å². The summed E-state index contributed by atoms with van der Waals surface area (Å²) in [6.45, 7) is 3.55. The zero-order valence-electron chi connectivity index (χ0n) is 23.9. The van der Waals surface area contributed by atoms with Gasteiger partial charge in [-0.05, 0) is 31.1 Å². The summed E-state index contributed by atoms with van der Waals surface area (Å²) in [5.41, 5.74) is 0.876. The molecule has 2 atom stereocenters. The molecule has 3 aromatic heterocycles. The van der Waals surface area contributed by atoms with Gasteiger partial charge in [0.25, 0.3) is 0 Å². The second-order valence-corrected chi connectivity index (χ2v) is 12.9. The van der Waals surface area contributed by atoms with Crippen LogP contribution in [-0.4, -0.2) is 101 Å². The Morgan fingerprint density at radius 3 is 2.43 bits per heavy atom. The van der Waals surface area contributed by atoms with Crippen LogP contribution in [0.15, 0.2) is 12.4 Å². The number of nitrogens with zero attached hydrogens (tertiary/aromatic N) is 8. The summed E-state index contributed by atoms with van der Waals surface area (Å²) in [6.07, 6.45) is 2.17. The SMILES string of the molecule is CNc1ncc(-c2nc(N3CCOCC3)c3nc(C[C@H](C)C4CCCN(S(C)(=O)=O)CC4)n(CC(F)(F)F)c3n2)cn1. The van der Waals surface area contributed by atoms with Crippen LogP contribution < -0.4 is 10.2 Å². The largest absolute Gasteiger partial charge is 0.406 e. The number of fused-ring (bicyclic) bond motifs is 1. The van der Waals surface area contributed by atoms with E-state index in [-0.39, 0.29) is 35.6 Å². The molecule has 0 bridgehead atoms. The third kappa shape index (κ3) is 6.92. The van der Waals surface area contributed by atoms with Crippen molar-refractivity contribution >= 4 is 33.0 Å². The fourth-order valence-corrected chi connectivity index (χ4v) is 6.58. The van der Waals surface area contributed by atoms with E-state index in [2.05, 4.69) is 20.3 Å². The van der Waals surface area contributed by atoms with Gasteiger partial charge in [0, 0.05) is 52.0 Å². The lowest BCUT2D eigenvalue weighted by molar-refractivity contribution is -0.140. The minimum absolute atomic E-state index is 0.0324. The molecule has 3 aromatic rings. The predicted octanol–water partition coefficient (Wildman–Crippen LogP) is 2.96. The van der Waals surface area contributed by atoms with Crippen LogP contribution in [0, 0.1) is 11.8 Å². The van der Waals surface area contributed by atoms with Crippen LogP contribution in [0.25, 0.3) is 22.6 Å². The molecule has 0 amide bonds. The molecule has 2 fully saturated rings. The third-order valence-electron chi connectivity index (χ3n) is 7.95. The molecule has 2 saturated heterocycles. The molecular weight excluding hydrogens is 575 g/mol. The van der Waals surface area contributed by atoms with Gasteiger partial charge in [0.2, 0.25) is 16.0 Å². The Balaban J connectivity index is 1.56. The fraction of sp³-hybridized carbons (Fsp3) is 0.654. The highest BCUT2D eigenvalue weighted by Gasteiger charge is 2.34. The second-order valence-electron chi connectivity index (χ2n) is 11.0. The number of ether oxygens (including phenoxy) is 1. The van der Waals surface area contributed by atoms with Crippen molar-refractivity contribution in [3.8, 4) is 11.4 Å². The average molecular weight is 612 g/mol. The number of halogens is 3. The van der Waals surface area contributed by atoms with Crippen LogP contribution >= 0.6 is 0 Å². The van der Waals surface area contributed by atoms with E-state index in [0.29, 0.717) is 75.1 Å². The van der Waals surface area contributed by atoms with E-state index in [9.17, 15) is 21.6 Å². The summed E-state index contributed by atoms with van der Waals surface area (Å²) in [5.74, 6) is 1.43. The van der Waals surface area contributed by atoms with Crippen molar-refractivity contribution in [2.45, 2.75) is 45.3 Å². The number of aromatic nitrogens is 6. The zero-order valence-corrected chi connectivity index (χ0v) is 24.7. The average Bonchev–Trinajstić information content (AvgIpc) is 3.11. The molecule has 0 aromatic carbocycles. The Hall–Kier alpha value is -3.11. The maximum atomic E-state index is 14.0. The summed E-state index contributed by atoms with van der Waals surface area (Å²) in [5, 5.41) is 2.84. The van der Waals surface area contributed by atoms with Gasteiger partial charge in [-0.2, -0.15) is 13.2 Å². The van der Waals surface area contributed by atoms with E-state index in [1.54, 1.807) is 7.05 Å². The highest BCUT2D eigenvalue weighted by Crippen LogP contribution is 2.33. The Labute approximate surface area is 242 Å². The molecule has 230 valence electrons. The van der Waals surface area contributed by atoms with Crippen molar-refractivity contribution in [3.05, 3.63) is 18.2 Å². The number of hydrogen-bond acceptors (Lipinski definition) is 10.